The average molecular weight is 196 g/mol. The van der Waals surface area contributed by atoms with Crippen LogP contribution in [0.2, 0.25) is 0 Å². The molecule has 0 saturated heterocycles. The molecule has 0 aliphatic carbocycles. The maximum Gasteiger partial charge on any atom is 0.225 e. The Balaban J connectivity index is 2.61. The highest BCUT2D eigenvalue weighted by Gasteiger charge is 2.07. The summed E-state index contributed by atoms with van der Waals surface area (Å²) in [5.41, 5.74) is 5.62. The number of halogens is 1. The Labute approximate surface area is 82.1 Å². The number of hydrogen-bond donors (Lipinski definition) is 2. The quantitative estimate of drug-likeness (QED) is 0.769. The number of carbonyl (C=O) groups excluding carboxylic acids is 1. The van der Waals surface area contributed by atoms with Gasteiger partial charge in [0.25, 0.3) is 0 Å². The summed E-state index contributed by atoms with van der Waals surface area (Å²) in [4.78, 5) is 11.2. The molecule has 0 heterocycles. The first-order chi connectivity index (χ1) is 6.59. The number of carbonyl (C=O) groups is 1. The van der Waals surface area contributed by atoms with Gasteiger partial charge in [-0.3, -0.25) is 4.79 Å². The smallest absolute Gasteiger partial charge is 0.225 e. The second kappa shape index (κ2) is 4.72. The molecular formula is C10H13FN2O. The van der Waals surface area contributed by atoms with Crippen molar-refractivity contribution in [1.29, 1.82) is 0 Å². The van der Waals surface area contributed by atoms with Gasteiger partial charge in [-0.2, -0.15) is 0 Å². The van der Waals surface area contributed by atoms with E-state index in [0.29, 0.717) is 0 Å². The van der Waals surface area contributed by atoms with E-state index >= 15 is 0 Å². The minimum Gasteiger partial charge on any atom is -0.327 e. The summed E-state index contributed by atoms with van der Waals surface area (Å²) in [6.45, 7) is 1.72. The predicted molar refractivity (Wildman–Crippen MR) is 53.3 cm³/mol. The summed E-state index contributed by atoms with van der Waals surface area (Å²) < 4.78 is 13.0. The van der Waals surface area contributed by atoms with Crippen LogP contribution in [0.3, 0.4) is 0 Å². The van der Waals surface area contributed by atoms with E-state index in [2.05, 4.69) is 5.32 Å². The second-order valence-corrected chi connectivity index (χ2v) is 3.21. The standard InChI is InChI=1S/C10H13FN2O/c1-7(12)6-10(14)13-9-5-3-2-4-8(9)11/h2-5,7H,6,12H2,1H3,(H,13,14). The van der Waals surface area contributed by atoms with Crippen LogP contribution in [0.25, 0.3) is 0 Å². The third kappa shape index (κ3) is 3.14. The normalized spacial score (nSPS) is 12.2. The Morgan fingerprint density at radius 1 is 1.57 bits per heavy atom. The highest BCUT2D eigenvalue weighted by molar-refractivity contribution is 5.91. The lowest BCUT2D eigenvalue weighted by Crippen LogP contribution is -2.24. The van der Waals surface area contributed by atoms with Crippen LogP contribution in [0.1, 0.15) is 13.3 Å². The summed E-state index contributed by atoms with van der Waals surface area (Å²) >= 11 is 0. The molecular weight excluding hydrogens is 183 g/mol. The zero-order valence-corrected chi connectivity index (χ0v) is 7.96. The van der Waals surface area contributed by atoms with Gasteiger partial charge in [0.2, 0.25) is 5.91 Å². The van der Waals surface area contributed by atoms with E-state index in [4.69, 9.17) is 5.73 Å². The van der Waals surface area contributed by atoms with Gasteiger partial charge in [-0.25, -0.2) is 4.39 Å². The number of nitrogens with one attached hydrogen (secondary N) is 1. The van der Waals surface area contributed by atoms with E-state index in [0.717, 1.165) is 0 Å². The van der Waals surface area contributed by atoms with Gasteiger partial charge in [-0.1, -0.05) is 12.1 Å². The van der Waals surface area contributed by atoms with Crippen LogP contribution in [0.4, 0.5) is 10.1 Å². The van der Waals surface area contributed by atoms with Crippen LogP contribution in [-0.2, 0) is 4.79 Å². The van der Waals surface area contributed by atoms with Crippen LogP contribution in [-0.4, -0.2) is 11.9 Å². The summed E-state index contributed by atoms with van der Waals surface area (Å²) in [6.07, 6.45) is 0.189. The number of para-hydroxylation sites is 1. The molecule has 0 aliphatic heterocycles. The van der Waals surface area contributed by atoms with Gasteiger partial charge in [0.15, 0.2) is 0 Å². The Morgan fingerprint density at radius 2 is 2.21 bits per heavy atom. The molecule has 1 rings (SSSR count). The lowest BCUT2D eigenvalue weighted by Gasteiger charge is -2.07. The lowest BCUT2D eigenvalue weighted by atomic mass is 10.2. The zero-order chi connectivity index (χ0) is 10.6. The van der Waals surface area contributed by atoms with Gasteiger partial charge < -0.3 is 11.1 Å². The molecule has 1 atom stereocenters. The van der Waals surface area contributed by atoms with E-state index in [1.165, 1.54) is 12.1 Å². The average Bonchev–Trinajstić information content (AvgIpc) is 2.07. The number of hydrogen-bond acceptors (Lipinski definition) is 2. The third-order valence-corrected chi connectivity index (χ3v) is 1.66. The fourth-order valence-electron chi connectivity index (χ4n) is 1.06. The van der Waals surface area contributed by atoms with Crippen molar-refractivity contribution in [1.82, 2.24) is 0 Å². The van der Waals surface area contributed by atoms with Crippen LogP contribution in [0.5, 0.6) is 0 Å². The van der Waals surface area contributed by atoms with Crippen molar-refractivity contribution >= 4 is 11.6 Å². The molecule has 1 aromatic carbocycles. The minimum absolute atomic E-state index is 0.189. The van der Waals surface area contributed by atoms with Gasteiger partial charge in [0.1, 0.15) is 5.82 Å². The Kier molecular flexibility index (Phi) is 3.59. The Bertz CT molecular complexity index is 326. The molecule has 0 fully saturated rings. The maximum atomic E-state index is 13.0. The molecule has 0 bridgehead atoms. The van der Waals surface area contributed by atoms with Crippen molar-refractivity contribution in [2.24, 2.45) is 5.73 Å². The van der Waals surface area contributed by atoms with Gasteiger partial charge in [-0.15, -0.1) is 0 Å². The molecule has 1 unspecified atom stereocenters. The van der Waals surface area contributed by atoms with Crippen molar-refractivity contribution in [3.05, 3.63) is 30.1 Å². The number of nitrogens with two attached hydrogens (primary N) is 1. The molecule has 3 nitrogen and oxygen atoms in total. The topological polar surface area (TPSA) is 55.1 Å². The Hall–Kier alpha value is -1.42. The third-order valence-electron chi connectivity index (χ3n) is 1.66. The lowest BCUT2D eigenvalue weighted by molar-refractivity contribution is -0.116. The summed E-state index contributed by atoms with van der Waals surface area (Å²) in [5, 5.41) is 2.45. The molecule has 4 heteroatoms. The molecule has 0 spiro atoms. The molecule has 3 N–H and O–H groups in total. The van der Waals surface area contributed by atoms with Crippen molar-refractivity contribution in [2.75, 3.05) is 5.32 Å². The molecule has 0 saturated carbocycles. The van der Waals surface area contributed by atoms with E-state index < -0.39 is 5.82 Å². The van der Waals surface area contributed by atoms with Crippen molar-refractivity contribution in [3.63, 3.8) is 0 Å². The first-order valence-corrected chi connectivity index (χ1v) is 4.39. The van der Waals surface area contributed by atoms with Gasteiger partial charge >= 0.3 is 0 Å². The van der Waals surface area contributed by atoms with E-state index in [-0.39, 0.29) is 24.1 Å². The predicted octanol–water partition coefficient (Wildman–Crippen LogP) is 1.50. The highest BCUT2D eigenvalue weighted by atomic mass is 19.1. The fraction of sp³-hybridized carbons (Fsp3) is 0.300. The summed E-state index contributed by atoms with van der Waals surface area (Å²) in [6, 6.07) is 5.80. The number of amides is 1. The first kappa shape index (κ1) is 10.7. The molecule has 1 amide bonds. The number of anilines is 1. The molecule has 1 aromatic rings. The van der Waals surface area contributed by atoms with Crippen molar-refractivity contribution in [3.8, 4) is 0 Å². The molecule has 0 aliphatic rings. The maximum absolute atomic E-state index is 13.0. The largest absolute Gasteiger partial charge is 0.327 e. The van der Waals surface area contributed by atoms with Crippen LogP contribution >= 0.6 is 0 Å². The first-order valence-electron chi connectivity index (χ1n) is 4.39. The van der Waals surface area contributed by atoms with E-state index in [1.807, 2.05) is 0 Å². The van der Waals surface area contributed by atoms with Crippen LogP contribution < -0.4 is 11.1 Å². The minimum atomic E-state index is -0.439. The second-order valence-electron chi connectivity index (χ2n) is 3.21. The van der Waals surface area contributed by atoms with E-state index in [1.54, 1.807) is 19.1 Å². The number of benzene rings is 1. The van der Waals surface area contributed by atoms with E-state index in [9.17, 15) is 9.18 Å². The Morgan fingerprint density at radius 3 is 2.79 bits per heavy atom. The van der Waals surface area contributed by atoms with Crippen LogP contribution in [0.15, 0.2) is 24.3 Å². The van der Waals surface area contributed by atoms with Crippen molar-refractivity contribution in [2.45, 2.75) is 19.4 Å². The molecule has 0 radical (unpaired) electrons. The van der Waals surface area contributed by atoms with Crippen molar-refractivity contribution < 1.29 is 9.18 Å². The monoisotopic (exact) mass is 196 g/mol. The fourth-order valence-corrected chi connectivity index (χ4v) is 1.06. The molecule has 0 aromatic heterocycles. The zero-order valence-electron chi connectivity index (χ0n) is 7.96. The van der Waals surface area contributed by atoms with Gasteiger partial charge in [-0.05, 0) is 19.1 Å². The van der Waals surface area contributed by atoms with Gasteiger partial charge in [0.05, 0.1) is 5.69 Å². The highest BCUT2D eigenvalue weighted by Crippen LogP contribution is 2.12. The summed E-state index contributed by atoms with van der Waals surface area (Å²) in [5.74, 6) is -0.712. The van der Waals surface area contributed by atoms with Gasteiger partial charge in [0, 0.05) is 12.5 Å². The van der Waals surface area contributed by atoms with Crippen LogP contribution in [0, 0.1) is 5.82 Å². The number of rotatable bonds is 3. The SMILES string of the molecule is CC(N)CC(=O)Nc1ccccc1F. The summed E-state index contributed by atoms with van der Waals surface area (Å²) in [7, 11) is 0. The molecule has 14 heavy (non-hydrogen) atoms. The molecule has 76 valence electrons.